The number of carbonyl (C=O) groups excluding carboxylic acids is 2. The summed E-state index contributed by atoms with van der Waals surface area (Å²) >= 11 is 3.60. The van der Waals surface area contributed by atoms with Gasteiger partial charge in [-0.3, -0.25) is 0 Å². The van der Waals surface area contributed by atoms with Crippen LogP contribution in [0, 0.1) is 11.8 Å². The smallest absolute Gasteiger partial charge is 0.434 e. The van der Waals surface area contributed by atoms with Crippen LogP contribution in [0.1, 0.15) is 79.1 Å². The van der Waals surface area contributed by atoms with Crippen LogP contribution in [-0.4, -0.2) is 25.5 Å². The summed E-state index contributed by atoms with van der Waals surface area (Å²) in [7, 11) is 0. The Bertz CT molecular complexity index is 1240. The minimum Gasteiger partial charge on any atom is -0.434 e. The van der Waals surface area contributed by atoms with E-state index in [0.29, 0.717) is 62.6 Å². The maximum Gasteiger partial charge on any atom is 0.513 e. The number of unbranched alkanes of at least 4 members (excludes halogenated alkanes) is 2. The maximum atomic E-state index is 12.9. The van der Waals surface area contributed by atoms with E-state index >= 15 is 0 Å². The highest BCUT2D eigenvalue weighted by atomic mass is 79.9. The van der Waals surface area contributed by atoms with Crippen molar-refractivity contribution in [1.82, 2.24) is 0 Å². The number of fused-ring (bicyclic) bond motifs is 2. The molecule has 0 heterocycles. The third kappa shape index (κ3) is 8.34. The molecule has 0 aliphatic heterocycles. The second-order valence-corrected chi connectivity index (χ2v) is 10.9. The molecule has 7 heteroatoms. The number of rotatable bonds is 14. The molecule has 2 atom stereocenters. The van der Waals surface area contributed by atoms with Crippen molar-refractivity contribution in [1.29, 1.82) is 0 Å². The molecule has 0 saturated carbocycles. The van der Waals surface area contributed by atoms with E-state index < -0.39 is 12.3 Å². The monoisotopic (exact) mass is 600 g/mol. The van der Waals surface area contributed by atoms with E-state index in [1.54, 1.807) is 0 Å². The highest BCUT2D eigenvalue weighted by Gasteiger charge is 2.23. The molecule has 2 unspecified atom stereocenters. The van der Waals surface area contributed by atoms with Crippen LogP contribution in [0.4, 0.5) is 9.59 Å². The van der Waals surface area contributed by atoms with Crippen LogP contribution in [0.15, 0.2) is 46.9 Å². The Hall–Kier alpha value is -2.80. The average molecular weight is 602 g/mol. The van der Waals surface area contributed by atoms with E-state index in [-0.39, 0.29) is 0 Å². The van der Waals surface area contributed by atoms with Gasteiger partial charge in [-0.25, -0.2) is 9.59 Å². The Morgan fingerprint density at radius 3 is 1.69 bits per heavy atom. The van der Waals surface area contributed by atoms with E-state index in [4.69, 9.17) is 18.9 Å². The van der Waals surface area contributed by atoms with Crippen LogP contribution in [0.3, 0.4) is 0 Å². The molecule has 3 rings (SSSR count). The number of ether oxygens (including phenoxy) is 4. The molecule has 3 aromatic carbocycles. The predicted octanol–water partition coefficient (Wildman–Crippen LogP) is 10.2. The molecule has 0 radical (unpaired) electrons. The molecule has 0 N–H and O–H groups in total. The highest BCUT2D eigenvalue weighted by Crippen LogP contribution is 2.45. The number of hydrogen-bond acceptors (Lipinski definition) is 6. The van der Waals surface area contributed by atoms with Crippen molar-refractivity contribution in [3.63, 3.8) is 0 Å². The molecule has 0 saturated heterocycles. The van der Waals surface area contributed by atoms with Gasteiger partial charge in [-0.15, -0.1) is 0 Å². The zero-order valence-corrected chi connectivity index (χ0v) is 25.2. The lowest BCUT2D eigenvalue weighted by atomic mass is 10.0. The van der Waals surface area contributed by atoms with Gasteiger partial charge in [0.05, 0.1) is 13.2 Å². The zero-order chi connectivity index (χ0) is 28.2. The third-order valence-electron chi connectivity index (χ3n) is 7.23. The first kappa shape index (κ1) is 30.7. The third-order valence-corrected chi connectivity index (χ3v) is 7.89. The van der Waals surface area contributed by atoms with Gasteiger partial charge in [0, 0.05) is 26.0 Å². The van der Waals surface area contributed by atoms with Crippen LogP contribution >= 0.6 is 15.9 Å². The highest BCUT2D eigenvalue weighted by molar-refractivity contribution is 9.10. The van der Waals surface area contributed by atoms with E-state index in [2.05, 4.69) is 43.6 Å². The van der Waals surface area contributed by atoms with Gasteiger partial charge in [-0.2, -0.15) is 0 Å². The fourth-order valence-electron chi connectivity index (χ4n) is 4.71. The molecule has 0 bridgehead atoms. The van der Waals surface area contributed by atoms with Gasteiger partial charge < -0.3 is 18.9 Å². The fourth-order valence-corrected chi connectivity index (χ4v) is 5.26. The summed E-state index contributed by atoms with van der Waals surface area (Å²) in [5.74, 6) is 1.32. The molecule has 0 fully saturated rings. The van der Waals surface area contributed by atoms with E-state index in [1.165, 1.54) is 0 Å². The van der Waals surface area contributed by atoms with Gasteiger partial charge in [0.1, 0.15) is 0 Å². The molecule has 0 amide bonds. The summed E-state index contributed by atoms with van der Waals surface area (Å²) in [4.78, 5) is 25.7. The molecule has 0 spiro atoms. The molecule has 0 aliphatic carbocycles. The number of hydrogen-bond donors (Lipinski definition) is 0. The summed E-state index contributed by atoms with van der Waals surface area (Å²) in [6, 6.07) is 12.9. The molecule has 3 aromatic rings. The van der Waals surface area contributed by atoms with Gasteiger partial charge in [0.25, 0.3) is 0 Å². The summed E-state index contributed by atoms with van der Waals surface area (Å²) in [5, 5.41) is 2.50. The van der Waals surface area contributed by atoms with Crippen LogP contribution < -0.4 is 9.47 Å². The molecule has 212 valence electrons. The Morgan fingerprint density at radius 2 is 1.18 bits per heavy atom. The lowest BCUT2D eigenvalue weighted by molar-refractivity contribution is 0.0805. The molecule has 0 aliphatic rings. The van der Waals surface area contributed by atoms with Crippen molar-refractivity contribution in [2.45, 2.75) is 79.1 Å². The van der Waals surface area contributed by atoms with Crippen LogP contribution in [0.25, 0.3) is 21.5 Å². The number of halogens is 1. The van der Waals surface area contributed by atoms with Gasteiger partial charge in [0.2, 0.25) is 0 Å². The maximum absolute atomic E-state index is 12.9. The van der Waals surface area contributed by atoms with Crippen LogP contribution in [0.5, 0.6) is 11.5 Å². The average Bonchev–Trinajstić information content (AvgIpc) is 2.95. The fraction of sp³-hybridized carbons (Fsp3) is 0.500. The van der Waals surface area contributed by atoms with Gasteiger partial charge in [-0.1, -0.05) is 119 Å². The lowest BCUT2D eigenvalue weighted by Crippen LogP contribution is -2.18. The standard InChI is InChI=1S/C32H41BrO6/c1-5-9-14-22(7-3)20-36-31(34)38-29-24-16-11-12-17-25(24)30(28-26(29)18-13-19-27(28)33)39-32(35)37-21-23(8-4)15-10-6-2/h11-13,16-19,22-23H,5-10,14-15,20-21H2,1-4H3. The minimum absolute atomic E-state index is 0.300. The first-order valence-corrected chi connectivity index (χ1v) is 15.0. The molecule has 0 aromatic heterocycles. The zero-order valence-electron chi connectivity index (χ0n) is 23.6. The summed E-state index contributed by atoms with van der Waals surface area (Å²) in [5.41, 5.74) is 0. The molecular weight excluding hydrogens is 560 g/mol. The van der Waals surface area contributed by atoms with E-state index in [0.717, 1.165) is 51.4 Å². The van der Waals surface area contributed by atoms with Crippen LogP contribution in [0.2, 0.25) is 0 Å². The van der Waals surface area contributed by atoms with Crippen molar-refractivity contribution >= 4 is 49.8 Å². The van der Waals surface area contributed by atoms with E-state index in [9.17, 15) is 9.59 Å². The van der Waals surface area contributed by atoms with E-state index in [1.807, 2.05) is 42.5 Å². The summed E-state index contributed by atoms with van der Waals surface area (Å²) in [6.07, 6.45) is 6.80. The van der Waals surface area contributed by atoms with Crippen LogP contribution in [-0.2, 0) is 9.47 Å². The Kier molecular flexibility index (Phi) is 12.4. The van der Waals surface area contributed by atoms with Crippen molar-refractivity contribution in [2.75, 3.05) is 13.2 Å². The minimum atomic E-state index is -0.752. The second-order valence-electron chi connectivity index (χ2n) is 10.0. The molecule has 39 heavy (non-hydrogen) atoms. The van der Waals surface area contributed by atoms with Crippen molar-refractivity contribution in [3.8, 4) is 11.5 Å². The predicted molar refractivity (Wildman–Crippen MR) is 160 cm³/mol. The first-order chi connectivity index (χ1) is 18.9. The quantitative estimate of drug-likeness (QED) is 0.104. The molecular formula is C32H41BrO6. The Labute approximate surface area is 240 Å². The Morgan fingerprint density at radius 1 is 0.692 bits per heavy atom. The van der Waals surface area contributed by atoms with Gasteiger partial charge in [0.15, 0.2) is 11.5 Å². The van der Waals surface area contributed by atoms with Crippen molar-refractivity contribution < 1.29 is 28.5 Å². The SMILES string of the molecule is CCCCC(CC)COC(=O)Oc1c2ccccc2c(OC(=O)OCC(CC)CCCC)c2c(Br)cccc12. The molecule has 6 nitrogen and oxygen atoms in total. The Balaban J connectivity index is 1.90. The second kappa shape index (κ2) is 15.7. The lowest BCUT2D eigenvalue weighted by Gasteiger charge is -2.19. The normalized spacial score (nSPS) is 12.7. The number of carbonyl (C=O) groups is 2. The first-order valence-electron chi connectivity index (χ1n) is 14.2. The largest absolute Gasteiger partial charge is 0.513 e. The van der Waals surface area contributed by atoms with Crippen molar-refractivity contribution in [3.05, 3.63) is 46.9 Å². The van der Waals surface area contributed by atoms with Gasteiger partial charge in [-0.05, 0) is 30.7 Å². The topological polar surface area (TPSA) is 71.1 Å². The van der Waals surface area contributed by atoms with Crippen molar-refractivity contribution in [2.24, 2.45) is 11.8 Å². The summed E-state index contributed by atoms with van der Waals surface area (Å²) < 4.78 is 23.5. The number of benzene rings is 3. The summed E-state index contributed by atoms with van der Waals surface area (Å²) in [6.45, 7) is 9.14. The van der Waals surface area contributed by atoms with Gasteiger partial charge >= 0.3 is 12.3 Å².